The zero-order valence-electron chi connectivity index (χ0n) is 19.1. The summed E-state index contributed by atoms with van der Waals surface area (Å²) >= 11 is 0. The van der Waals surface area contributed by atoms with Gasteiger partial charge in [-0.25, -0.2) is 0 Å². The molecule has 5 fully saturated rings. The van der Waals surface area contributed by atoms with Crippen LogP contribution < -0.4 is 5.32 Å². The first-order valence-corrected chi connectivity index (χ1v) is 12.7. The van der Waals surface area contributed by atoms with E-state index in [1.54, 1.807) is 0 Å². The van der Waals surface area contributed by atoms with Crippen molar-refractivity contribution in [3.8, 4) is 0 Å². The molecule has 0 spiro atoms. The Balaban J connectivity index is 1.25. The summed E-state index contributed by atoms with van der Waals surface area (Å²) in [7, 11) is 0. The Morgan fingerprint density at radius 3 is 2.53 bits per heavy atom. The SMILES string of the molecule is C[C@]12CC[C@@H](O)C[C@@H]1CC[C@H]1[C@H]2CC[C@@]2(C)[C@@H]1CC[C@H]2NC(=O)CN1CCOCC1. The summed E-state index contributed by atoms with van der Waals surface area (Å²) < 4.78 is 5.42. The van der Waals surface area contributed by atoms with E-state index in [4.69, 9.17) is 4.74 Å². The van der Waals surface area contributed by atoms with Gasteiger partial charge in [-0.1, -0.05) is 13.8 Å². The van der Waals surface area contributed by atoms with Gasteiger partial charge in [0.05, 0.1) is 25.9 Å². The Hall–Kier alpha value is -0.650. The van der Waals surface area contributed by atoms with Gasteiger partial charge in [0.2, 0.25) is 5.91 Å². The molecule has 5 heteroatoms. The zero-order chi connectivity index (χ0) is 20.9. The average molecular weight is 419 g/mol. The lowest BCUT2D eigenvalue weighted by Crippen LogP contribution is -2.56. The van der Waals surface area contributed by atoms with Crippen molar-refractivity contribution in [3.05, 3.63) is 0 Å². The molecular formula is C25H42N2O3. The summed E-state index contributed by atoms with van der Waals surface area (Å²) in [6.45, 7) is 8.80. The topological polar surface area (TPSA) is 61.8 Å². The summed E-state index contributed by atoms with van der Waals surface area (Å²) in [5.41, 5.74) is 0.695. The van der Waals surface area contributed by atoms with Gasteiger partial charge < -0.3 is 15.2 Å². The summed E-state index contributed by atoms with van der Waals surface area (Å²) in [6.07, 6.45) is 10.8. The molecule has 0 unspecified atom stereocenters. The van der Waals surface area contributed by atoms with Gasteiger partial charge in [0, 0.05) is 19.1 Å². The van der Waals surface area contributed by atoms with Gasteiger partial charge in [-0.15, -0.1) is 0 Å². The van der Waals surface area contributed by atoms with Gasteiger partial charge in [-0.3, -0.25) is 9.69 Å². The highest BCUT2D eigenvalue weighted by atomic mass is 16.5. The predicted molar refractivity (Wildman–Crippen MR) is 117 cm³/mol. The van der Waals surface area contributed by atoms with E-state index in [2.05, 4.69) is 24.1 Å². The molecule has 0 radical (unpaired) electrons. The molecule has 170 valence electrons. The lowest BCUT2D eigenvalue weighted by Gasteiger charge is -2.61. The van der Waals surface area contributed by atoms with Gasteiger partial charge in [-0.05, 0) is 92.3 Å². The molecule has 8 atom stereocenters. The standard InChI is InChI=1S/C25H42N2O3/c1-24-9-7-18(28)15-17(24)3-4-19-20-5-6-22(25(20,2)10-8-21(19)24)26-23(29)16-27-11-13-30-14-12-27/h17-22,28H,3-16H2,1-2H3,(H,26,29)/t17-,18+,19+,20+,21+,22+,24-,25-/m0/s1. The second-order valence-corrected chi connectivity index (χ2v) is 11.7. The molecule has 0 aromatic carbocycles. The van der Waals surface area contributed by atoms with Gasteiger partial charge in [0.25, 0.3) is 0 Å². The maximum absolute atomic E-state index is 12.8. The van der Waals surface area contributed by atoms with E-state index in [9.17, 15) is 9.90 Å². The monoisotopic (exact) mass is 418 g/mol. The number of hydrogen-bond donors (Lipinski definition) is 2. The van der Waals surface area contributed by atoms with Crippen molar-refractivity contribution in [3.63, 3.8) is 0 Å². The highest BCUT2D eigenvalue weighted by Crippen LogP contribution is 2.66. The number of aliphatic hydroxyl groups is 1. The molecule has 1 heterocycles. The number of ether oxygens (including phenoxy) is 1. The molecule has 2 N–H and O–H groups in total. The quantitative estimate of drug-likeness (QED) is 0.739. The van der Waals surface area contributed by atoms with Crippen LogP contribution in [0.25, 0.3) is 0 Å². The van der Waals surface area contributed by atoms with Crippen LogP contribution in [0, 0.1) is 34.5 Å². The third kappa shape index (κ3) is 3.53. The molecule has 5 aliphatic rings. The van der Waals surface area contributed by atoms with Crippen LogP contribution in [-0.2, 0) is 9.53 Å². The molecule has 30 heavy (non-hydrogen) atoms. The van der Waals surface area contributed by atoms with Crippen LogP contribution in [-0.4, -0.2) is 60.9 Å². The van der Waals surface area contributed by atoms with E-state index in [0.29, 0.717) is 18.0 Å². The Labute approximate surface area is 182 Å². The summed E-state index contributed by atoms with van der Waals surface area (Å²) in [5, 5.41) is 13.7. The van der Waals surface area contributed by atoms with Crippen molar-refractivity contribution >= 4 is 5.91 Å². The van der Waals surface area contributed by atoms with Crippen LogP contribution in [0.1, 0.15) is 71.6 Å². The second-order valence-electron chi connectivity index (χ2n) is 11.7. The van der Waals surface area contributed by atoms with E-state index >= 15 is 0 Å². The number of carbonyl (C=O) groups is 1. The van der Waals surface area contributed by atoms with E-state index in [1.807, 2.05) is 0 Å². The fourth-order valence-corrected chi connectivity index (χ4v) is 8.67. The normalized spacial score (nSPS) is 49.0. The van der Waals surface area contributed by atoms with Gasteiger partial charge >= 0.3 is 0 Å². The number of nitrogens with one attached hydrogen (secondary N) is 1. The third-order valence-electron chi connectivity index (χ3n) is 10.4. The molecule has 4 aliphatic carbocycles. The third-order valence-corrected chi connectivity index (χ3v) is 10.4. The minimum atomic E-state index is -0.0639. The highest BCUT2D eigenvalue weighted by molar-refractivity contribution is 5.78. The van der Waals surface area contributed by atoms with Crippen LogP contribution in [0.4, 0.5) is 0 Å². The van der Waals surface area contributed by atoms with Crippen LogP contribution in [0.3, 0.4) is 0 Å². The number of fused-ring (bicyclic) bond motifs is 5. The summed E-state index contributed by atoms with van der Waals surface area (Å²) in [4.78, 5) is 15.0. The number of nitrogens with zero attached hydrogens (tertiary/aromatic N) is 1. The van der Waals surface area contributed by atoms with Crippen molar-refractivity contribution in [2.45, 2.75) is 83.8 Å². The molecule has 0 aromatic heterocycles. The predicted octanol–water partition coefficient (Wildman–Crippen LogP) is 3.21. The van der Waals surface area contributed by atoms with Crippen LogP contribution in [0.15, 0.2) is 0 Å². The number of hydrogen-bond acceptors (Lipinski definition) is 4. The number of rotatable bonds is 3. The average Bonchev–Trinajstić information content (AvgIpc) is 3.05. The smallest absolute Gasteiger partial charge is 0.234 e. The number of carbonyl (C=O) groups excluding carboxylic acids is 1. The Morgan fingerprint density at radius 1 is 1.00 bits per heavy atom. The summed E-state index contributed by atoms with van der Waals surface area (Å²) in [6, 6.07) is 0.343. The second kappa shape index (κ2) is 8.04. The zero-order valence-corrected chi connectivity index (χ0v) is 19.1. The highest BCUT2D eigenvalue weighted by Gasteiger charge is 2.60. The largest absolute Gasteiger partial charge is 0.393 e. The van der Waals surface area contributed by atoms with Crippen molar-refractivity contribution in [2.24, 2.45) is 34.5 Å². The van der Waals surface area contributed by atoms with Crippen LogP contribution >= 0.6 is 0 Å². The molecule has 0 aromatic rings. The minimum Gasteiger partial charge on any atom is -0.393 e. The van der Waals surface area contributed by atoms with E-state index in [-0.39, 0.29) is 17.4 Å². The van der Waals surface area contributed by atoms with Crippen molar-refractivity contribution in [1.29, 1.82) is 0 Å². The molecule has 1 amide bonds. The minimum absolute atomic E-state index is 0.0639. The molecule has 0 bridgehead atoms. The molecular weight excluding hydrogens is 376 g/mol. The van der Waals surface area contributed by atoms with Crippen molar-refractivity contribution in [1.82, 2.24) is 10.2 Å². The maximum atomic E-state index is 12.8. The van der Waals surface area contributed by atoms with Gasteiger partial charge in [0.1, 0.15) is 0 Å². The first-order valence-electron chi connectivity index (χ1n) is 12.7. The summed E-state index contributed by atoms with van der Waals surface area (Å²) in [5.74, 6) is 3.33. The Morgan fingerprint density at radius 2 is 1.73 bits per heavy atom. The van der Waals surface area contributed by atoms with Gasteiger partial charge in [0.15, 0.2) is 0 Å². The molecule has 5 nitrogen and oxygen atoms in total. The number of morpholine rings is 1. The lowest BCUT2D eigenvalue weighted by atomic mass is 9.45. The van der Waals surface area contributed by atoms with E-state index < -0.39 is 0 Å². The van der Waals surface area contributed by atoms with Crippen LogP contribution in [0.5, 0.6) is 0 Å². The Bertz CT molecular complexity index is 650. The van der Waals surface area contributed by atoms with Crippen LogP contribution in [0.2, 0.25) is 0 Å². The fourth-order valence-electron chi connectivity index (χ4n) is 8.67. The van der Waals surface area contributed by atoms with Crippen molar-refractivity contribution < 1.29 is 14.6 Å². The first-order chi connectivity index (χ1) is 14.4. The molecule has 4 saturated carbocycles. The van der Waals surface area contributed by atoms with Crippen molar-refractivity contribution in [2.75, 3.05) is 32.8 Å². The lowest BCUT2D eigenvalue weighted by molar-refractivity contribution is -0.131. The maximum Gasteiger partial charge on any atom is 0.234 e. The van der Waals surface area contributed by atoms with Gasteiger partial charge in [-0.2, -0.15) is 0 Å². The number of amides is 1. The fraction of sp³-hybridized carbons (Fsp3) is 0.960. The molecule has 5 rings (SSSR count). The first kappa shape index (κ1) is 21.2. The van der Waals surface area contributed by atoms with E-state index in [0.717, 1.165) is 69.2 Å². The molecule has 1 saturated heterocycles. The van der Waals surface area contributed by atoms with E-state index in [1.165, 1.54) is 38.5 Å². The molecule has 1 aliphatic heterocycles. The Kier molecular flexibility index (Phi) is 5.69. The number of aliphatic hydroxyl groups excluding tert-OH is 1.